The molecule has 2 N–H and O–H groups in total. The van der Waals surface area contributed by atoms with E-state index >= 15 is 0 Å². The first-order valence-electron chi connectivity index (χ1n) is 9.54. The van der Waals surface area contributed by atoms with Gasteiger partial charge in [0.15, 0.2) is 0 Å². The van der Waals surface area contributed by atoms with Crippen LogP contribution in [0.3, 0.4) is 0 Å². The molecular weight excluding hydrogens is 379 g/mol. The fourth-order valence-corrected chi connectivity index (χ4v) is 3.84. The molecule has 7 nitrogen and oxygen atoms in total. The van der Waals surface area contributed by atoms with Gasteiger partial charge in [0.25, 0.3) is 0 Å². The summed E-state index contributed by atoms with van der Waals surface area (Å²) in [6, 6.07) is 18.9. The number of carbonyl (C=O) groups excluding carboxylic acids is 2. The molecule has 8 heteroatoms. The van der Waals surface area contributed by atoms with Gasteiger partial charge in [-0.2, -0.15) is 0 Å². The Morgan fingerprint density at radius 1 is 0.967 bits per heavy atom. The first kappa shape index (κ1) is 18.1. The summed E-state index contributed by atoms with van der Waals surface area (Å²) in [6.07, 6.45) is 3.15. The van der Waals surface area contributed by atoms with Crippen molar-refractivity contribution < 1.29 is 14.6 Å². The number of hydrogen-bond donors (Lipinski definition) is 2. The van der Waals surface area contributed by atoms with Crippen LogP contribution in [0, 0.1) is 0 Å². The van der Waals surface area contributed by atoms with Crippen LogP contribution in [0.15, 0.2) is 73.1 Å². The van der Waals surface area contributed by atoms with E-state index < -0.39 is 0 Å². The van der Waals surface area contributed by atoms with Gasteiger partial charge < -0.3 is 14.9 Å². The maximum Gasteiger partial charge on any atom is 0.348 e. The molecule has 1 aliphatic rings. The molecular formula is C22H17BN4O3. The molecule has 1 aliphatic heterocycles. The molecule has 4 aromatic rings. The van der Waals surface area contributed by atoms with Crippen molar-refractivity contribution in [2.24, 2.45) is 0 Å². The molecule has 5 rings (SSSR count). The van der Waals surface area contributed by atoms with Crippen LogP contribution in [0.2, 0.25) is 0 Å². The molecule has 0 bridgehead atoms. The van der Waals surface area contributed by atoms with E-state index in [4.69, 9.17) is 0 Å². The summed E-state index contributed by atoms with van der Waals surface area (Å²) >= 11 is 0. The van der Waals surface area contributed by atoms with Crippen LogP contribution < -0.4 is 15.9 Å². The number of fused-ring (bicyclic) bond motifs is 3. The SMILES string of the molecule is O=C1CC(=O)N(c2ccc(-n3ccnc3BO)cc2)c2ccc3ccccc3c2N1. The highest BCUT2D eigenvalue weighted by molar-refractivity contribution is 6.43. The van der Waals surface area contributed by atoms with Gasteiger partial charge in [0.1, 0.15) is 12.1 Å². The van der Waals surface area contributed by atoms with E-state index in [9.17, 15) is 14.6 Å². The van der Waals surface area contributed by atoms with Gasteiger partial charge >= 0.3 is 7.48 Å². The molecule has 146 valence electrons. The topological polar surface area (TPSA) is 87.5 Å². The summed E-state index contributed by atoms with van der Waals surface area (Å²) < 4.78 is 1.78. The number of hydrogen-bond acceptors (Lipinski definition) is 4. The lowest BCUT2D eigenvalue weighted by Gasteiger charge is -2.23. The fraction of sp³-hybridized carbons (Fsp3) is 0.0455. The quantitative estimate of drug-likeness (QED) is 0.410. The van der Waals surface area contributed by atoms with Crippen LogP contribution >= 0.6 is 0 Å². The van der Waals surface area contributed by atoms with Gasteiger partial charge in [0.05, 0.1) is 11.4 Å². The van der Waals surface area contributed by atoms with Gasteiger partial charge in [-0.25, -0.2) is 4.98 Å². The largest absolute Gasteiger partial charge is 0.447 e. The predicted octanol–water partition coefficient (Wildman–Crippen LogP) is 2.00. The normalized spacial score (nSPS) is 13.7. The highest BCUT2D eigenvalue weighted by atomic mass is 16.2. The minimum atomic E-state index is -0.331. The molecule has 0 spiro atoms. The van der Waals surface area contributed by atoms with E-state index in [-0.39, 0.29) is 25.7 Å². The Balaban J connectivity index is 1.63. The molecule has 0 atom stereocenters. The zero-order chi connectivity index (χ0) is 20.7. The van der Waals surface area contributed by atoms with Crippen molar-refractivity contribution >= 4 is 52.9 Å². The van der Waals surface area contributed by atoms with Gasteiger partial charge in [-0.3, -0.25) is 14.5 Å². The lowest BCUT2D eigenvalue weighted by atomic mass is 10.0. The highest BCUT2D eigenvalue weighted by Crippen LogP contribution is 2.40. The fourth-order valence-electron chi connectivity index (χ4n) is 3.84. The molecule has 3 aromatic carbocycles. The first-order valence-corrected chi connectivity index (χ1v) is 9.54. The number of nitrogens with zero attached hydrogens (tertiary/aromatic N) is 3. The van der Waals surface area contributed by atoms with Crippen molar-refractivity contribution in [2.75, 3.05) is 10.2 Å². The Morgan fingerprint density at radius 2 is 1.73 bits per heavy atom. The molecule has 0 saturated carbocycles. The Hall–Kier alpha value is -3.91. The number of benzene rings is 3. The van der Waals surface area contributed by atoms with Crippen LogP contribution in [0.4, 0.5) is 17.1 Å². The van der Waals surface area contributed by atoms with Crippen LogP contribution in [-0.4, -0.2) is 33.9 Å². The van der Waals surface area contributed by atoms with Crippen molar-refractivity contribution in [3.8, 4) is 5.69 Å². The Morgan fingerprint density at radius 3 is 2.53 bits per heavy atom. The van der Waals surface area contributed by atoms with Crippen molar-refractivity contribution in [1.29, 1.82) is 0 Å². The van der Waals surface area contributed by atoms with E-state index in [2.05, 4.69) is 10.3 Å². The average molecular weight is 396 g/mol. The van der Waals surface area contributed by atoms with E-state index in [1.54, 1.807) is 21.9 Å². The Bertz CT molecular complexity index is 1280. The summed E-state index contributed by atoms with van der Waals surface area (Å²) in [5, 5.41) is 14.2. The van der Waals surface area contributed by atoms with Gasteiger partial charge in [-0.15, -0.1) is 0 Å². The molecule has 2 amide bonds. The van der Waals surface area contributed by atoms with Gasteiger partial charge in [-0.1, -0.05) is 30.3 Å². The lowest BCUT2D eigenvalue weighted by molar-refractivity contribution is -0.124. The average Bonchev–Trinajstić information content (AvgIpc) is 3.19. The molecule has 2 heterocycles. The number of rotatable bonds is 3. The molecule has 0 saturated heterocycles. The second kappa shape index (κ2) is 7.16. The summed E-state index contributed by atoms with van der Waals surface area (Å²) in [4.78, 5) is 31.0. The number of amides is 2. The summed E-state index contributed by atoms with van der Waals surface area (Å²) in [5.41, 5.74) is 3.26. The molecule has 1 aromatic heterocycles. The second-order valence-electron chi connectivity index (χ2n) is 7.02. The van der Waals surface area contributed by atoms with Gasteiger partial charge in [0, 0.05) is 29.2 Å². The van der Waals surface area contributed by atoms with E-state index in [1.807, 2.05) is 60.7 Å². The third-order valence-corrected chi connectivity index (χ3v) is 5.22. The summed E-state index contributed by atoms with van der Waals surface area (Å²) in [5.74, 6) is -0.629. The minimum absolute atomic E-state index is 0.173. The summed E-state index contributed by atoms with van der Waals surface area (Å²) in [7, 11) is -0.173. The standard InChI is InChI=1S/C22H17BN4O3/c28-19-13-20(29)27(18-10-5-14-3-1-2-4-17(14)21(18)25-19)16-8-6-15(7-9-16)26-12-11-24-22(26)23-30/h1-12,23,30H,13H2,(H,25,28). The predicted molar refractivity (Wildman–Crippen MR) is 117 cm³/mol. The monoisotopic (exact) mass is 396 g/mol. The lowest BCUT2D eigenvalue weighted by Crippen LogP contribution is -2.27. The maximum atomic E-state index is 13.0. The third kappa shape index (κ3) is 2.94. The highest BCUT2D eigenvalue weighted by Gasteiger charge is 2.28. The van der Waals surface area contributed by atoms with Crippen molar-refractivity contribution in [3.63, 3.8) is 0 Å². The number of aromatic nitrogens is 2. The van der Waals surface area contributed by atoms with Crippen molar-refractivity contribution in [3.05, 3.63) is 73.1 Å². The van der Waals surface area contributed by atoms with E-state index in [0.29, 0.717) is 22.8 Å². The second-order valence-corrected chi connectivity index (χ2v) is 7.02. The van der Waals surface area contributed by atoms with Crippen LogP contribution in [0.1, 0.15) is 6.42 Å². The smallest absolute Gasteiger partial charge is 0.348 e. The van der Waals surface area contributed by atoms with E-state index in [0.717, 1.165) is 16.5 Å². The number of imidazole rings is 1. The first-order chi connectivity index (χ1) is 14.7. The minimum Gasteiger partial charge on any atom is -0.447 e. The Labute approximate surface area is 172 Å². The summed E-state index contributed by atoms with van der Waals surface area (Å²) in [6.45, 7) is 0. The van der Waals surface area contributed by atoms with Crippen LogP contribution in [0.25, 0.3) is 16.5 Å². The third-order valence-electron chi connectivity index (χ3n) is 5.22. The molecule has 0 radical (unpaired) electrons. The molecule has 0 aliphatic carbocycles. The van der Waals surface area contributed by atoms with Gasteiger partial charge in [0.2, 0.25) is 11.8 Å². The Kier molecular flexibility index (Phi) is 4.33. The van der Waals surface area contributed by atoms with Crippen molar-refractivity contribution in [2.45, 2.75) is 6.42 Å². The number of carbonyl (C=O) groups is 2. The number of nitrogens with one attached hydrogen (secondary N) is 1. The van der Waals surface area contributed by atoms with Crippen LogP contribution in [-0.2, 0) is 9.59 Å². The zero-order valence-corrected chi connectivity index (χ0v) is 15.9. The molecule has 30 heavy (non-hydrogen) atoms. The molecule has 0 fully saturated rings. The van der Waals surface area contributed by atoms with E-state index in [1.165, 1.54) is 0 Å². The van der Waals surface area contributed by atoms with Crippen molar-refractivity contribution in [1.82, 2.24) is 9.55 Å². The molecule has 0 unspecified atom stereocenters. The van der Waals surface area contributed by atoms with Gasteiger partial charge in [-0.05, 0) is 35.7 Å². The zero-order valence-electron chi connectivity index (χ0n) is 15.9. The number of anilines is 3. The van der Waals surface area contributed by atoms with Crippen LogP contribution in [0.5, 0.6) is 0 Å². The maximum absolute atomic E-state index is 13.0.